The lowest BCUT2D eigenvalue weighted by molar-refractivity contribution is -0.135. The van der Waals surface area contributed by atoms with Crippen molar-refractivity contribution in [2.24, 2.45) is 0 Å². The number of hydrogen-bond acceptors (Lipinski definition) is 6. The molecule has 0 fully saturated rings. The number of aromatic nitrogens is 2. The fraction of sp³-hybridized carbons (Fsp3) is 0.360. The van der Waals surface area contributed by atoms with E-state index >= 15 is 0 Å². The third kappa shape index (κ3) is 5.36. The molecule has 0 aliphatic rings. The van der Waals surface area contributed by atoms with Gasteiger partial charge in [-0.2, -0.15) is 0 Å². The number of nitrogens with zero attached hydrogens (tertiary/aromatic N) is 2. The molecule has 0 radical (unpaired) electrons. The summed E-state index contributed by atoms with van der Waals surface area (Å²) in [6.07, 6.45) is 2.46. The number of aromatic hydroxyl groups is 1. The minimum atomic E-state index is -1.24. The van der Waals surface area contributed by atoms with Crippen LogP contribution in [0.25, 0.3) is 11.3 Å². The highest BCUT2D eigenvalue weighted by molar-refractivity contribution is 7.09. The van der Waals surface area contributed by atoms with Crippen LogP contribution in [0.2, 0.25) is 0 Å². The van der Waals surface area contributed by atoms with Crippen molar-refractivity contribution < 1.29 is 19.8 Å². The summed E-state index contributed by atoms with van der Waals surface area (Å²) >= 11 is 1.42. The predicted molar refractivity (Wildman–Crippen MR) is 132 cm³/mol. The average molecular weight is 484 g/mol. The largest absolute Gasteiger partial charge is 0.507 e. The Kier molecular flexibility index (Phi) is 8.22. The minimum absolute atomic E-state index is 0.00767. The zero-order valence-corrected chi connectivity index (χ0v) is 20.3. The molecule has 1 aromatic carbocycles. The molecule has 34 heavy (non-hydrogen) atoms. The second kappa shape index (κ2) is 11.1. The lowest BCUT2D eigenvalue weighted by atomic mass is 9.91. The van der Waals surface area contributed by atoms with E-state index in [2.05, 4.69) is 12.2 Å². The summed E-state index contributed by atoms with van der Waals surface area (Å²) in [5.74, 6) is -2.56. The molecule has 0 spiro atoms. The highest BCUT2D eigenvalue weighted by Crippen LogP contribution is 2.33. The van der Waals surface area contributed by atoms with Gasteiger partial charge in [0.2, 0.25) is 0 Å². The molecule has 2 aromatic heterocycles. The van der Waals surface area contributed by atoms with Crippen molar-refractivity contribution in [3.8, 4) is 17.0 Å². The number of nitrogens with one attached hydrogen (secondary N) is 1. The standard InChI is InChI=1S/C25H29N3O5S/c1-4-9-16(5-2)22-15(3)23(31)21(24(32)26-12-20(29)30)25(33)28(22)13-19-27-18(14-34-19)17-10-7-6-8-11-17/h6-8,10-11,14,16,31H,4-5,9,12-13H2,1-3H3,(H,26,32)(H,29,30). The van der Waals surface area contributed by atoms with Gasteiger partial charge in [0.25, 0.3) is 11.5 Å². The van der Waals surface area contributed by atoms with Gasteiger partial charge in [-0.05, 0) is 25.7 Å². The molecule has 0 bridgehead atoms. The van der Waals surface area contributed by atoms with Crippen LogP contribution in [0.1, 0.15) is 65.7 Å². The molecule has 8 nitrogen and oxygen atoms in total. The highest BCUT2D eigenvalue weighted by Gasteiger charge is 2.27. The van der Waals surface area contributed by atoms with Crippen LogP contribution < -0.4 is 10.9 Å². The molecule has 1 atom stereocenters. The van der Waals surface area contributed by atoms with Crippen molar-refractivity contribution in [3.63, 3.8) is 0 Å². The summed E-state index contributed by atoms with van der Waals surface area (Å²) < 4.78 is 1.52. The van der Waals surface area contributed by atoms with Crippen LogP contribution in [0.4, 0.5) is 0 Å². The molecule has 9 heteroatoms. The smallest absolute Gasteiger partial charge is 0.322 e. The quantitative estimate of drug-likeness (QED) is 0.398. The van der Waals surface area contributed by atoms with Gasteiger partial charge in [0.15, 0.2) is 0 Å². The number of thiazole rings is 1. The van der Waals surface area contributed by atoms with Crippen molar-refractivity contribution in [3.05, 3.63) is 67.9 Å². The summed E-state index contributed by atoms with van der Waals surface area (Å²) in [6, 6.07) is 9.70. The Hall–Kier alpha value is -3.46. The van der Waals surface area contributed by atoms with E-state index < -0.39 is 35.3 Å². The number of carbonyl (C=O) groups is 2. The Bertz CT molecular complexity index is 1230. The molecule has 1 amide bonds. The van der Waals surface area contributed by atoms with E-state index in [9.17, 15) is 19.5 Å². The SMILES string of the molecule is CCCC(CC)c1c(C)c(O)c(C(=O)NCC(=O)O)c(=O)n1Cc1nc(-c2ccccc2)cs1. The van der Waals surface area contributed by atoms with E-state index in [1.807, 2.05) is 42.6 Å². The van der Waals surface area contributed by atoms with Gasteiger partial charge >= 0.3 is 5.97 Å². The van der Waals surface area contributed by atoms with E-state index in [1.54, 1.807) is 6.92 Å². The topological polar surface area (TPSA) is 122 Å². The maximum atomic E-state index is 13.5. The molecule has 1 unspecified atom stereocenters. The van der Waals surface area contributed by atoms with Crippen LogP contribution in [-0.4, -0.2) is 38.2 Å². The second-order valence-electron chi connectivity index (χ2n) is 8.09. The monoisotopic (exact) mass is 483 g/mol. The number of benzene rings is 1. The zero-order valence-electron chi connectivity index (χ0n) is 19.5. The van der Waals surface area contributed by atoms with Gasteiger partial charge in [-0.1, -0.05) is 50.6 Å². The van der Waals surface area contributed by atoms with E-state index in [0.717, 1.165) is 30.5 Å². The fourth-order valence-electron chi connectivity index (χ4n) is 4.13. The summed E-state index contributed by atoms with van der Waals surface area (Å²) in [5.41, 5.74) is 1.77. The molecule has 3 aromatic rings. The predicted octanol–water partition coefficient (Wildman–Crippen LogP) is 4.14. The molecular weight excluding hydrogens is 454 g/mol. The zero-order chi connectivity index (χ0) is 24.8. The summed E-state index contributed by atoms with van der Waals surface area (Å²) in [7, 11) is 0. The lowest BCUT2D eigenvalue weighted by Gasteiger charge is -2.24. The van der Waals surface area contributed by atoms with E-state index in [1.165, 1.54) is 15.9 Å². The number of carboxylic acid groups (broad SMARTS) is 1. The first-order chi connectivity index (χ1) is 16.3. The Labute approximate surface area is 201 Å². The number of hydrogen-bond donors (Lipinski definition) is 3. The Morgan fingerprint density at radius 3 is 2.53 bits per heavy atom. The molecule has 2 heterocycles. The van der Waals surface area contributed by atoms with Crippen molar-refractivity contribution in [1.82, 2.24) is 14.9 Å². The van der Waals surface area contributed by atoms with Crippen LogP contribution in [0.5, 0.6) is 5.75 Å². The highest BCUT2D eigenvalue weighted by atomic mass is 32.1. The number of carboxylic acids is 1. The first-order valence-electron chi connectivity index (χ1n) is 11.2. The van der Waals surface area contributed by atoms with E-state index in [4.69, 9.17) is 10.1 Å². The van der Waals surface area contributed by atoms with Gasteiger partial charge in [-0.25, -0.2) is 4.98 Å². The van der Waals surface area contributed by atoms with Gasteiger partial charge in [0.1, 0.15) is 22.9 Å². The summed E-state index contributed by atoms with van der Waals surface area (Å²) in [5, 5.41) is 24.5. The van der Waals surface area contributed by atoms with E-state index in [0.29, 0.717) is 16.3 Å². The molecule has 0 saturated carbocycles. The Morgan fingerprint density at radius 1 is 1.21 bits per heavy atom. The van der Waals surface area contributed by atoms with Crippen LogP contribution in [0.3, 0.4) is 0 Å². The first-order valence-corrected chi connectivity index (χ1v) is 12.1. The van der Waals surface area contributed by atoms with Gasteiger partial charge in [0.05, 0.1) is 12.2 Å². The Balaban J connectivity index is 2.12. The van der Waals surface area contributed by atoms with Crippen molar-refractivity contribution in [2.45, 2.75) is 52.5 Å². The normalized spacial score (nSPS) is 11.9. The van der Waals surface area contributed by atoms with Gasteiger partial charge in [0, 0.05) is 22.2 Å². The minimum Gasteiger partial charge on any atom is -0.507 e. The van der Waals surface area contributed by atoms with Crippen molar-refractivity contribution in [2.75, 3.05) is 6.54 Å². The third-order valence-corrected chi connectivity index (χ3v) is 6.62. The molecule has 0 aliphatic carbocycles. The first kappa shape index (κ1) is 25.2. The van der Waals surface area contributed by atoms with Gasteiger partial charge in [-0.3, -0.25) is 14.4 Å². The van der Waals surface area contributed by atoms with Gasteiger partial charge in [-0.15, -0.1) is 11.3 Å². The number of aliphatic carboxylic acids is 1. The number of carbonyl (C=O) groups excluding carboxylic acids is 1. The lowest BCUT2D eigenvalue weighted by Crippen LogP contribution is -2.37. The number of amides is 1. The fourth-order valence-corrected chi connectivity index (χ4v) is 4.92. The number of pyridine rings is 1. The molecular formula is C25H29N3O5S. The molecule has 3 N–H and O–H groups in total. The van der Waals surface area contributed by atoms with Crippen molar-refractivity contribution in [1.29, 1.82) is 0 Å². The molecule has 0 aliphatic heterocycles. The molecule has 3 rings (SSSR count). The summed E-state index contributed by atoms with van der Waals surface area (Å²) in [6.45, 7) is 5.26. The maximum Gasteiger partial charge on any atom is 0.322 e. The molecule has 0 saturated heterocycles. The molecule has 180 valence electrons. The van der Waals surface area contributed by atoms with Crippen LogP contribution in [0, 0.1) is 6.92 Å². The third-order valence-electron chi connectivity index (χ3n) is 5.78. The van der Waals surface area contributed by atoms with Crippen LogP contribution in [0.15, 0.2) is 40.5 Å². The summed E-state index contributed by atoms with van der Waals surface area (Å²) in [4.78, 5) is 41.8. The van der Waals surface area contributed by atoms with E-state index in [-0.39, 0.29) is 12.5 Å². The van der Waals surface area contributed by atoms with Crippen LogP contribution in [-0.2, 0) is 11.3 Å². The average Bonchev–Trinajstić information content (AvgIpc) is 3.29. The number of rotatable bonds is 10. The maximum absolute atomic E-state index is 13.5. The Morgan fingerprint density at radius 2 is 1.91 bits per heavy atom. The van der Waals surface area contributed by atoms with Crippen molar-refractivity contribution >= 4 is 23.2 Å². The van der Waals surface area contributed by atoms with Crippen LogP contribution >= 0.6 is 11.3 Å². The van der Waals surface area contributed by atoms with Gasteiger partial charge < -0.3 is 20.1 Å². The second-order valence-corrected chi connectivity index (χ2v) is 9.03.